The number of hydrogen-bond acceptors (Lipinski definition) is 5. The van der Waals surface area contributed by atoms with E-state index in [4.69, 9.17) is 14.6 Å². The van der Waals surface area contributed by atoms with Gasteiger partial charge in [0.2, 0.25) is 12.7 Å². The predicted molar refractivity (Wildman–Crippen MR) is 113 cm³/mol. The molecule has 0 saturated heterocycles. The van der Waals surface area contributed by atoms with Crippen molar-refractivity contribution in [3.05, 3.63) is 64.8 Å². The van der Waals surface area contributed by atoms with Gasteiger partial charge < -0.3 is 14.8 Å². The monoisotopic (exact) mass is 407 g/mol. The number of thioether (sulfide) groups is 1. The number of anilines is 1. The largest absolute Gasteiger partial charge is 0.454 e. The van der Waals surface area contributed by atoms with Crippen molar-refractivity contribution in [1.82, 2.24) is 9.78 Å². The molecule has 0 fully saturated rings. The Morgan fingerprint density at radius 3 is 2.76 bits per heavy atom. The zero-order valence-electron chi connectivity index (χ0n) is 16.3. The highest BCUT2D eigenvalue weighted by Gasteiger charge is 2.31. The number of carbonyl (C=O) groups is 1. The van der Waals surface area contributed by atoms with Crippen molar-refractivity contribution in [3.63, 3.8) is 0 Å². The molecule has 3 aromatic rings. The first kappa shape index (κ1) is 18.1. The lowest BCUT2D eigenvalue weighted by atomic mass is 10.0. The van der Waals surface area contributed by atoms with Crippen LogP contribution in [0.3, 0.4) is 0 Å². The summed E-state index contributed by atoms with van der Waals surface area (Å²) >= 11 is 1.60. The van der Waals surface area contributed by atoms with Crippen LogP contribution in [0.25, 0.3) is 5.69 Å². The molecule has 0 spiro atoms. The van der Waals surface area contributed by atoms with Crippen LogP contribution in [0, 0.1) is 6.92 Å². The Balaban J connectivity index is 1.62. The lowest BCUT2D eigenvalue weighted by Gasteiger charge is -2.16. The van der Waals surface area contributed by atoms with Crippen LogP contribution in [-0.2, 0) is 11.2 Å². The Kier molecular flexibility index (Phi) is 4.47. The van der Waals surface area contributed by atoms with Crippen molar-refractivity contribution in [2.75, 3.05) is 17.9 Å². The quantitative estimate of drug-likeness (QED) is 0.703. The number of aryl methyl sites for hydroxylation is 2. The highest BCUT2D eigenvalue weighted by molar-refractivity contribution is 8.00. The molecular formula is C22H21N3O3S. The first-order valence-electron chi connectivity index (χ1n) is 9.64. The molecule has 1 amide bonds. The van der Waals surface area contributed by atoms with Gasteiger partial charge in [-0.3, -0.25) is 4.79 Å². The van der Waals surface area contributed by atoms with Gasteiger partial charge in [0.05, 0.1) is 22.4 Å². The number of benzene rings is 2. The van der Waals surface area contributed by atoms with Crippen molar-refractivity contribution in [3.8, 4) is 17.2 Å². The third kappa shape index (κ3) is 3.15. The number of hydrogen-bond donors (Lipinski definition) is 1. The van der Waals surface area contributed by atoms with E-state index >= 15 is 0 Å². The number of nitrogens with one attached hydrogen (secondary N) is 1. The van der Waals surface area contributed by atoms with E-state index in [1.165, 1.54) is 5.56 Å². The SMILES string of the molecule is CCc1ccc(-n2nc(C)c3c2NC(=O)CS[C@H]3c2ccc3c(c2)OCO3)cc1. The van der Waals surface area contributed by atoms with Gasteiger partial charge in [-0.2, -0.15) is 5.10 Å². The molecule has 1 N–H and O–H groups in total. The smallest absolute Gasteiger partial charge is 0.235 e. The first-order chi connectivity index (χ1) is 14.1. The van der Waals surface area contributed by atoms with Gasteiger partial charge in [-0.25, -0.2) is 4.68 Å². The summed E-state index contributed by atoms with van der Waals surface area (Å²) in [6, 6.07) is 14.3. The summed E-state index contributed by atoms with van der Waals surface area (Å²) in [7, 11) is 0. The molecule has 7 heteroatoms. The molecule has 2 aliphatic heterocycles. The molecule has 5 rings (SSSR count). The minimum atomic E-state index is -0.0258. The van der Waals surface area contributed by atoms with E-state index in [0.29, 0.717) is 5.75 Å². The molecule has 0 unspecified atom stereocenters. The van der Waals surface area contributed by atoms with Gasteiger partial charge in [0.15, 0.2) is 11.5 Å². The Hall–Kier alpha value is -2.93. The maximum atomic E-state index is 12.5. The highest BCUT2D eigenvalue weighted by Crippen LogP contribution is 2.46. The molecule has 2 aliphatic rings. The van der Waals surface area contributed by atoms with E-state index in [1.807, 2.05) is 41.9 Å². The number of rotatable bonds is 3. The molecule has 0 bridgehead atoms. The fourth-order valence-corrected chi connectivity index (χ4v) is 4.96. The molecule has 6 nitrogen and oxygen atoms in total. The summed E-state index contributed by atoms with van der Waals surface area (Å²) in [5, 5.41) is 7.82. The van der Waals surface area contributed by atoms with Gasteiger partial charge in [-0.1, -0.05) is 25.1 Å². The Morgan fingerprint density at radius 2 is 1.97 bits per heavy atom. The van der Waals surface area contributed by atoms with Crippen LogP contribution in [-0.4, -0.2) is 28.2 Å². The molecule has 0 aliphatic carbocycles. The van der Waals surface area contributed by atoms with Crippen molar-refractivity contribution < 1.29 is 14.3 Å². The number of aromatic nitrogens is 2. The summed E-state index contributed by atoms with van der Waals surface area (Å²) in [4.78, 5) is 12.5. The molecule has 29 heavy (non-hydrogen) atoms. The van der Waals surface area contributed by atoms with E-state index in [-0.39, 0.29) is 18.0 Å². The third-order valence-corrected chi connectivity index (χ3v) is 6.57. The van der Waals surface area contributed by atoms with E-state index in [0.717, 1.165) is 46.2 Å². The minimum absolute atomic E-state index is 0.0224. The molecule has 1 atom stereocenters. The van der Waals surface area contributed by atoms with Gasteiger partial charge in [0.25, 0.3) is 0 Å². The van der Waals surface area contributed by atoms with Crippen molar-refractivity contribution in [2.45, 2.75) is 25.5 Å². The van der Waals surface area contributed by atoms with Gasteiger partial charge in [0, 0.05) is 5.56 Å². The second-order valence-electron chi connectivity index (χ2n) is 7.13. The van der Waals surface area contributed by atoms with Crippen LogP contribution in [0.2, 0.25) is 0 Å². The summed E-state index contributed by atoms with van der Waals surface area (Å²) in [6.45, 7) is 4.37. The van der Waals surface area contributed by atoms with Crippen molar-refractivity contribution >= 4 is 23.5 Å². The number of amides is 1. The van der Waals surface area contributed by atoms with Gasteiger partial charge in [0.1, 0.15) is 5.82 Å². The molecule has 0 radical (unpaired) electrons. The lowest BCUT2D eigenvalue weighted by molar-refractivity contribution is -0.113. The maximum Gasteiger partial charge on any atom is 0.235 e. The zero-order chi connectivity index (χ0) is 20.0. The molecule has 148 valence electrons. The van der Waals surface area contributed by atoms with Crippen molar-refractivity contribution in [1.29, 1.82) is 0 Å². The van der Waals surface area contributed by atoms with Crippen LogP contribution < -0.4 is 14.8 Å². The van der Waals surface area contributed by atoms with Crippen LogP contribution in [0.5, 0.6) is 11.5 Å². The second-order valence-corrected chi connectivity index (χ2v) is 8.22. The average Bonchev–Trinajstić information content (AvgIpc) is 3.28. The van der Waals surface area contributed by atoms with E-state index in [1.54, 1.807) is 11.8 Å². The van der Waals surface area contributed by atoms with E-state index in [9.17, 15) is 4.79 Å². The number of ether oxygens (including phenoxy) is 2. The second kappa shape index (κ2) is 7.15. The summed E-state index contributed by atoms with van der Waals surface area (Å²) in [5.41, 5.74) is 5.20. The number of carbonyl (C=O) groups excluding carboxylic acids is 1. The standard InChI is InChI=1S/C22H21N3O3S/c1-3-14-4-7-16(8-5-14)25-22-20(13(2)24-25)21(29-11-19(26)23-22)15-6-9-17-18(10-15)28-12-27-17/h4-10,21H,3,11-12H2,1-2H3,(H,23,26)/t21-/m0/s1. The van der Waals surface area contributed by atoms with Crippen LogP contribution in [0.1, 0.15) is 34.6 Å². The van der Waals surface area contributed by atoms with Crippen molar-refractivity contribution in [2.24, 2.45) is 0 Å². The predicted octanol–water partition coefficient (Wildman–Crippen LogP) is 4.25. The van der Waals surface area contributed by atoms with E-state index < -0.39 is 0 Å². The van der Waals surface area contributed by atoms with Gasteiger partial charge in [-0.05, 0) is 48.7 Å². The maximum absolute atomic E-state index is 12.5. The molecular weight excluding hydrogens is 386 g/mol. The Morgan fingerprint density at radius 1 is 1.17 bits per heavy atom. The van der Waals surface area contributed by atoms with Gasteiger partial charge >= 0.3 is 0 Å². The summed E-state index contributed by atoms with van der Waals surface area (Å²) in [6.07, 6.45) is 0.982. The molecule has 3 heterocycles. The normalized spacial score (nSPS) is 17.6. The molecule has 0 saturated carbocycles. The lowest BCUT2D eigenvalue weighted by Crippen LogP contribution is -2.15. The Labute approximate surface area is 173 Å². The third-order valence-electron chi connectivity index (χ3n) is 5.30. The van der Waals surface area contributed by atoms with Crippen LogP contribution >= 0.6 is 11.8 Å². The Bertz CT molecular complexity index is 1090. The zero-order valence-corrected chi connectivity index (χ0v) is 17.1. The average molecular weight is 407 g/mol. The molecule has 2 aromatic carbocycles. The summed E-state index contributed by atoms with van der Waals surface area (Å²) < 4.78 is 12.8. The highest BCUT2D eigenvalue weighted by atomic mass is 32.2. The fourth-order valence-electron chi connectivity index (χ4n) is 3.78. The van der Waals surface area contributed by atoms with E-state index in [2.05, 4.69) is 24.4 Å². The summed E-state index contributed by atoms with van der Waals surface area (Å²) in [5.74, 6) is 2.59. The first-order valence-corrected chi connectivity index (χ1v) is 10.7. The van der Waals surface area contributed by atoms with Gasteiger partial charge in [-0.15, -0.1) is 11.8 Å². The van der Waals surface area contributed by atoms with Crippen LogP contribution in [0.4, 0.5) is 5.82 Å². The van der Waals surface area contributed by atoms with Crippen LogP contribution in [0.15, 0.2) is 42.5 Å². The molecule has 1 aromatic heterocycles. The topological polar surface area (TPSA) is 65.4 Å². The number of fused-ring (bicyclic) bond motifs is 2. The minimum Gasteiger partial charge on any atom is -0.454 e. The fraction of sp³-hybridized carbons (Fsp3) is 0.273. The number of nitrogens with zero attached hydrogens (tertiary/aromatic N) is 2.